The van der Waals surface area contributed by atoms with Gasteiger partial charge in [-0.1, -0.05) is 30.7 Å². The van der Waals surface area contributed by atoms with Crippen molar-refractivity contribution in [3.05, 3.63) is 34.9 Å². The second-order valence-corrected chi connectivity index (χ2v) is 4.01. The van der Waals surface area contributed by atoms with Crippen LogP contribution >= 0.6 is 11.6 Å². The summed E-state index contributed by atoms with van der Waals surface area (Å²) >= 11 is 5.79. The van der Waals surface area contributed by atoms with Gasteiger partial charge < -0.3 is 4.74 Å². The Kier molecular flexibility index (Phi) is 2.46. The van der Waals surface area contributed by atoms with Gasteiger partial charge in [-0.3, -0.25) is 4.79 Å². The van der Waals surface area contributed by atoms with E-state index in [1.54, 1.807) is 0 Å². The number of hydrogen-bond acceptors (Lipinski definition) is 2. The molecule has 2 rings (SSSR count). The van der Waals surface area contributed by atoms with E-state index in [1.807, 2.05) is 31.2 Å². The maximum atomic E-state index is 11.2. The lowest BCUT2D eigenvalue weighted by atomic mass is 9.90. The zero-order chi connectivity index (χ0) is 10.1. The molecule has 0 aromatic heterocycles. The molecule has 0 saturated carbocycles. The standard InChI is InChI=1S/C11H11ClO2/c1-7-10(6-14-11(7)13)8-2-4-9(12)5-3-8/h2-5,7,10H,6H2,1H3/t7-,10+/m1/s1. The molecule has 0 unspecified atom stereocenters. The highest BCUT2D eigenvalue weighted by molar-refractivity contribution is 6.30. The topological polar surface area (TPSA) is 26.3 Å². The molecule has 74 valence electrons. The first kappa shape index (κ1) is 9.53. The van der Waals surface area contributed by atoms with Crippen molar-refractivity contribution < 1.29 is 9.53 Å². The molecule has 1 aromatic rings. The quantitative estimate of drug-likeness (QED) is 0.666. The van der Waals surface area contributed by atoms with E-state index in [4.69, 9.17) is 16.3 Å². The Bertz CT molecular complexity index is 345. The van der Waals surface area contributed by atoms with Crippen LogP contribution in [0, 0.1) is 5.92 Å². The largest absolute Gasteiger partial charge is 0.465 e. The van der Waals surface area contributed by atoms with Crippen LogP contribution in [0.5, 0.6) is 0 Å². The fourth-order valence-corrected chi connectivity index (χ4v) is 1.83. The first-order valence-electron chi connectivity index (χ1n) is 4.60. The summed E-state index contributed by atoms with van der Waals surface area (Å²) in [6.07, 6.45) is 0. The number of carbonyl (C=O) groups is 1. The average molecular weight is 211 g/mol. The summed E-state index contributed by atoms with van der Waals surface area (Å²) in [4.78, 5) is 11.2. The summed E-state index contributed by atoms with van der Waals surface area (Å²) in [5, 5.41) is 0.714. The van der Waals surface area contributed by atoms with E-state index in [1.165, 1.54) is 0 Å². The van der Waals surface area contributed by atoms with Crippen molar-refractivity contribution in [3.8, 4) is 0 Å². The SMILES string of the molecule is C[C@H]1C(=O)OC[C@@H]1c1ccc(Cl)cc1. The smallest absolute Gasteiger partial charge is 0.309 e. The Morgan fingerprint density at radius 2 is 2.00 bits per heavy atom. The number of hydrogen-bond donors (Lipinski definition) is 0. The summed E-state index contributed by atoms with van der Waals surface area (Å²) in [5.41, 5.74) is 1.12. The van der Waals surface area contributed by atoms with Gasteiger partial charge in [0.1, 0.15) is 0 Å². The first-order chi connectivity index (χ1) is 6.68. The van der Waals surface area contributed by atoms with E-state index in [0.29, 0.717) is 11.6 Å². The van der Waals surface area contributed by atoms with Gasteiger partial charge in [0.15, 0.2) is 0 Å². The van der Waals surface area contributed by atoms with E-state index in [-0.39, 0.29) is 17.8 Å². The Balaban J connectivity index is 2.23. The number of halogens is 1. The molecule has 1 saturated heterocycles. The molecular weight excluding hydrogens is 200 g/mol. The van der Waals surface area contributed by atoms with Crippen molar-refractivity contribution in [1.82, 2.24) is 0 Å². The molecule has 1 heterocycles. The summed E-state index contributed by atoms with van der Waals surface area (Å²) in [6.45, 7) is 2.39. The van der Waals surface area contributed by atoms with Crippen LogP contribution in [0.4, 0.5) is 0 Å². The highest BCUT2D eigenvalue weighted by atomic mass is 35.5. The summed E-state index contributed by atoms with van der Waals surface area (Å²) in [5.74, 6) is 0.0286. The zero-order valence-electron chi connectivity index (χ0n) is 7.87. The van der Waals surface area contributed by atoms with Crippen LogP contribution < -0.4 is 0 Å². The van der Waals surface area contributed by atoms with Crippen molar-refractivity contribution in [2.45, 2.75) is 12.8 Å². The second-order valence-electron chi connectivity index (χ2n) is 3.58. The third kappa shape index (κ3) is 1.62. The Morgan fingerprint density at radius 1 is 1.36 bits per heavy atom. The molecule has 0 amide bonds. The highest BCUT2D eigenvalue weighted by Gasteiger charge is 2.33. The third-order valence-corrected chi connectivity index (χ3v) is 2.93. The van der Waals surface area contributed by atoms with Crippen LogP contribution in [-0.2, 0) is 9.53 Å². The lowest BCUT2D eigenvalue weighted by Crippen LogP contribution is -2.09. The minimum Gasteiger partial charge on any atom is -0.465 e. The number of rotatable bonds is 1. The highest BCUT2D eigenvalue weighted by Crippen LogP contribution is 2.31. The van der Waals surface area contributed by atoms with Crippen molar-refractivity contribution in [3.63, 3.8) is 0 Å². The molecule has 0 radical (unpaired) electrons. The maximum absolute atomic E-state index is 11.2. The predicted molar refractivity (Wildman–Crippen MR) is 54.3 cm³/mol. The Labute approximate surface area is 87.8 Å². The summed E-state index contributed by atoms with van der Waals surface area (Å²) < 4.78 is 4.99. The number of esters is 1. The average Bonchev–Trinajstić information content (AvgIpc) is 2.50. The molecule has 0 N–H and O–H groups in total. The van der Waals surface area contributed by atoms with Crippen molar-refractivity contribution in [2.24, 2.45) is 5.92 Å². The fraction of sp³-hybridized carbons (Fsp3) is 0.364. The van der Waals surface area contributed by atoms with Gasteiger partial charge in [-0.15, -0.1) is 0 Å². The van der Waals surface area contributed by atoms with Gasteiger partial charge in [0.25, 0.3) is 0 Å². The number of cyclic esters (lactones) is 1. The monoisotopic (exact) mass is 210 g/mol. The Morgan fingerprint density at radius 3 is 2.50 bits per heavy atom. The molecule has 1 aromatic carbocycles. The molecule has 14 heavy (non-hydrogen) atoms. The summed E-state index contributed by atoms with van der Waals surface area (Å²) in [6, 6.07) is 7.58. The van der Waals surface area contributed by atoms with Crippen LogP contribution in [0.25, 0.3) is 0 Å². The van der Waals surface area contributed by atoms with E-state index < -0.39 is 0 Å². The lowest BCUT2D eigenvalue weighted by molar-refractivity contribution is -0.140. The Hall–Kier alpha value is -1.02. The molecule has 2 atom stereocenters. The zero-order valence-corrected chi connectivity index (χ0v) is 8.62. The van der Waals surface area contributed by atoms with Crippen molar-refractivity contribution in [2.75, 3.05) is 6.61 Å². The minimum atomic E-state index is -0.107. The van der Waals surface area contributed by atoms with Gasteiger partial charge in [0.05, 0.1) is 12.5 Å². The van der Waals surface area contributed by atoms with Crippen LogP contribution in [0.3, 0.4) is 0 Å². The minimum absolute atomic E-state index is 0.0452. The maximum Gasteiger partial charge on any atom is 0.309 e. The fourth-order valence-electron chi connectivity index (χ4n) is 1.71. The molecule has 3 heteroatoms. The second kappa shape index (κ2) is 3.62. The van der Waals surface area contributed by atoms with Gasteiger partial charge in [0.2, 0.25) is 0 Å². The number of benzene rings is 1. The van der Waals surface area contributed by atoms with Crippen molar-refractivity contribution in [1.29, 1.82) is 0 Å². The van der Waals surface area contributed by atoms with Gasteiger partial charge in [-0.05, 0) is 17.7 Å². The van der Waals surface area contributed by atoms with Gasteiger partial charge in [-0.25, -0.2) is 0 Å². The summed E-state index contributed by atoms with van der Waals surface area (Å²) in [7, 11) is 0. The molecule has 1 aliphatic rings. The van der Waals surface area contributed by atoms with Gasteiger partial charge in [0, 0.05) is 10.9 Å². The predicted octanol–water partition coefficient (Wildman–Crippen LogP) is 2.62. The van der Waals surface area contributed by atoms with E-state index >= 15 is 0 Å². The number of carbonyl (C=O) groups excluding carboxylic acids is 1. The van der Waals surface area contributed by atoms with Gasteiger partial charge in [-0.2, -0.15) is 0 Å². The van der Waals surface area contributed by atoms with E-state index in [2.05, 4.69) is 0 Å². The number of ether oxygens (including phenoxy) is 1. The first-order valence-corrected chi connectivity index (χ1v) is 4.98. The van der Waals surface area contributed by atoms with Crippen molar-refractivity contribution >= 4 is 17.6 Å². The molecule has 2 nitrogen and oxygen atoms in total. The molecular formula is C11H11ClO2. The molecule has 1 aliphatic heterocycles. The van der Waals surface area contributed by atoms with E-state index in [9.17, 15) is 4.79 Å². The molecule has 0 bridgehead atoms. The van der Waals surface area contributed by atoms with Crippen LogP contribution in [0.15, 0.2) is 24.3 Å². The van der Waals surface area contributed by atoms with Crippen LogP contribution in [0.1, 0.15) is 18.4 Å². The molecule has 0 aliphatic carbocycles. The lowest BCUT2D eigenvalue weighted by Gasteiger charge is -2.10. The van der Waals surface area contributed by atoms with Crippen LogP contribution in [-0.4, -0.2) is 12.6 Å². The van der Waals surface area contributed by atoms with Crippen LogP contribution in [0.2, 0.25) is 5.02 Å². The normalized spacial score (nSPS) is 26.3. The van der Waals surface area contributed by atoms with Gasteiger partial charge >= 0.3 is 5.97 Å². The molecule has 0 spiro atoms. The third-order valence-electron chi connectivity index (χ3n) is 2.68. The van der Waals surface area contributed by atoms with E-state index in [0.717, 1.165) is 5.56 Å². The molecule has 1 fully saturated rings.